The van der Waals surface area contributed by atoms with Crippen LogP contribution in [0, 0.1) is 0 Å². The van der Waals surface area contributed by atoms with Crippen LogP contribution >= 0.6 is 27.5 Å². The van der Waals surface area contributed by atoms with E-state index in [2.05, 4.69) is 33.0 Å². The summed E-state index contributed by atoms with van der Waals surface area (Å²) in [6, 6.07) is 7.02. The molecule has 2 nitrogen and oxygen atoms in total. The van der Waals surface area contributed by atoms with Gasteiger partial charge in [0.2, 0.25) is 0 Å². The van der Waals surface area contributed by atoms with E-state index in [0.717, 1.165) is 23.3 Å². The van der Waals surface area contributed by atoms with Crippen molar-refractivity contribution in [3.05, 3.63) is 28.2 Å². The molecule has 0 radical (unpaired) electrons. The first kappa shape index (κ1) is 15.1. The van der Waals surface area contributed by atoms with Crippen LogP contribution in [0.5, 0.6) is 5.75 Å². The zero-order chi connectivity index (χ0) is 13.7. The van der Waals surface area contributed by atoms with Crippen LogP contribution in [0.4, 0.5) is 0 Å². The Morgan fingerprint density at radius 1 is 1.37 bits per heavy atom. The van der Waals surface area contributed by atoms with E-state index in [1.54, 1.807) is 7.11 Å². The third kappa shape index (κ3) is 4.11. The van der Waals surface area contributed by atoms with Gasteiger partial charge in [-0.1, -0.05) is 18.9 Å². The predicted octanol–water partition coefficient (Wildman–Crippen LogP) is 4.44. The van der Waals surface area contributed by atoms with Gasteiger partial charge in [-0.2, -0.15) is 0 Å². The van der Waals surface area contributed by atoms with Gasteiger partial charge in [0.15, 0.2) is 0 Å². The smallest absolute Gasteiger partial charge is 0.133 e. The van der Waals surface area contributed by atoms with Gasteiger partial charge in [-0.3, -0.25) is 4.90 Å². The van der Waals surface area contributed by atoms with Gasteiger partial charge < -0.3 is 4.74 Å². The molecule has 0 aromatic heterocycles. The first-order chi connectivity index (χ1) is 9.24. The van der Waals surface area contributed by atoms with Crippen LogP contribution in [0.25, 0.3) is 0 Å². The molecule has 4 heteroatoms. The maximum atomic E-state index is 5.95. The summed E-state index contributed by atoms with van der Waals surface area (Å²) >= 11 is 9.50. The van der Waals surface area contributed by atoms with Crippen LogP contribution in [0.1, 0.15) is 31.2 Å². The van der Waals surface area contributed by atoms with Crippen molar-refractivity contribution in [3.8, 4) is 5.75 Å². The van der Waals surface area contributed by atoms with E-state index in [1.807, 2.05) is 6.07 Å². The highest BCUT2D eigenvalue weighted by molar-refractivity contribution is 9.10. The summed E-state index contributed by atoms with van der Waals surface area (Å²) in [4.78, 5) is 2.52. The van der Waals surface area contributed by atoms with E-state index in [1.165, 1.54) is 31.2 Å². The van der Waals surface area contributed by atoms with Crippen molar-refractivity contribution < 1.29 is 4.74 Å². The average Bonchev–Trinajstić information content (AvgIpc) is 2.92. The van der Waals surface area contributed by atoms with Gasteiger partial charge in [0.05, 0.1) is 11.6 Å². The summed E-state index contributed by atoms with van der Waals surface area (Å²) in [5, 5.41) is 0. The van der Waals surface area contributed by atoms with Gasteiger partial charge in [0.1, 0.15) is 5.75 Å². The van der Waals surface area contributed by atoms with Gasteiger partial charge >= 0.3 is 0 Å². The van der Waals surface area contributed by atoms with E-state index in [0.29, 0.717) is 11.9 Å². The molecule has 19 heavy (non-hydrogen) atoms. The first-order valence-electron chi connectivity index (χ1n) is 6.87. The number of halogens is 2. The number of alkyl halides is 1. The largest absolute Gasteiger partial charge is 0.496 e. The molecule has 0 unspecified atom stereocenters. The van der Waals surface area contributed by atoms with Gasteiger partial charge in [0.25, 0.3) is 0 Å². The molecule has 0 heterocycles. The van der Waals surface area contributed by atoms with Crippen LogP contribution < -0.4 is 4.74 Å². The summed E-state index contributed by atoms with van der Waals surface area (Å²) in [7, 11) is 1.69. The molecule has 0 amide bonds. The molecule has 2 rings (SSSR count). The number of ether oxygens (including phenoxy) is 1. The predicted molar refractivity (Wildman–Crippen MR) is 84.1 cm³/mol. The van der Waals surface area contributed by atoms with E-state index < -0.39 is 0 Å². The Labute approximate surface area is 129 Å². The molecule has 1 aromatic carbocycles. The topological polar surface area (TPSA) is 12.5 Å². The fraction of sp³-hybridized carbons (Fsp3) is 0.600. The molecule has 0 spiro atoms. The van der Waals surface area contributed by atoms with E-state index in [-0.39, 0.29) is 0 Å². The SMILES string of the molecule is COc1ccc(CN(CCCl)C2CCCC2)cc1Br. The van der Waals surface area contributed by atoms with Crippen LogP contribution in [0.2, 0.25) is 0 Å². The summed E-state index contributed by atoms with van der Waals surface area (Å²) in [5.41, 5.74) is 1.31. The fourth-order valence-electron chi connectivity index (χ4n) is 2.81. The van der Waals surface area contributed by atoms with Crippen molar-refractivity contribution in [2.75, 3.05) is 19.5 Å². The average molecular weight is 347 g/mol. The molecule has 0 N–H and O–H groups in total. The van der Waals surface area contributed by atoms with E-state index in [9.17, 15) is 0 Å². The second-order valence-electron chi connectivity index (χ2n) is 5.07. The highest BCUT2D eigenvalue weighted by Gasteiger charge is 2.22. The lowest BCUT2D eigenvalue weighted by molar-refractivity contribution is 0.201. The maximum Gasteiger partial charge on any atom is 0.133 e. The first-order valence-corrected chi connectivity index (χ1v) is 8.19. The Kier molecular flexibility index (Phi) is 5.99. The van der Waals surface area contributed by atoms with Crippen molar-refractivity contribution in [1.82, 2.24) is 4.90 Å². The summed E-state index contributed by atoms with van der Waals surface area (Å²) in [5.74, 6) is 1.59. The van der Waals surface area contributed by atoms with Gasteiger partial charge in [-0.25, -0.2) is 0 Å². The van der Waals surface area contributed by atoms with Gasteiger partial charge in [-0.15, -0.1) is 11.6 Å². The van der Waals surface area contributed by atoms with E-state index in [4.69, 9.17) is 16.3 Å². The fourth-order valence-corrected chi connectivity index (χ4v) is 3.62. The number of methoxy groups -OCH3 is 1. The normalized spacial score (nSPS) is 16.2. The van der Waals surface area contributed by atoms with Gasteiger partial charge in [0, 0.05) is 25.0 Å². The standard InChI is InChI=1S/C15H21BrClNO/c1-19-15-7-6-12(10-14(15)16)11-18(9-8-17)13-4-2-3-5-13/h6-7,10,13H,2-5,8-9,11H2,1H3. The Hall–Kier alpha value is -0.250. The monoisotopic (exact) mass is 345 g/mol. The highest BCUT2D eigenvalue weighted by atomic mass is 79.9. The van der Waals surface area contributed by atoms with Crippen LogP contribution in [0.3, 0.4) is 0 Å². The summed E-state index contributed by atoms with van der Waals surface area (Å²) < 4.78 is 6.29. The minimum absolute atomic E-state index is 0.702. The summed E-state index contributed by atoms with van der Waals surface area (Å²) in [6.07, 6.45) is 5.34. The summed E-state index contributed by atoms with van der Waals surface area (Å²) in [6.45, 7) is 1.94. The molecule has 0 atom stereocenters. The molecular formula is C15H21BrClNO. The third-order valence-corrected chi connectivity index (χ3v) is 4.60. The minimum Gasteiger partial charge on any atom is -0.496 e. The maximum absolute atomic E-state index is 5.95. The van der Waals surface area contributed by atoms with Crippen molar-refractivity contribution in [1.29, 1.82) is 0 Å². The second-order valence-corrected chi connectivity index (χ2v) is 6.30. The molecule has 1 fully saturated rings. The van der Waals surface area contributed by atoms with Crippen LogP contribution in [-0.4, -0.2) is 30.5 Å². The molecule has 0 saturated heterocycles. The third-order valence-electron chi connectivity index (χ3n) is 3.81. The lowest BCUT2D eigenvalue weighted by Gasteiger charge is -2.28. The molecule has 1 saturated carbocycles. The van der Waals surface area contributed by atoms with Crippen molar-refractivity contribution in [3.63, 3.8) is 0 Å². The molecule has 1 aromatic rings. The minimum atomic E-state index is 0.702. The molecule has 1 aliphatic rings. The lowest BCUT2D eigenvalue weighted by Crippen LogP contribution is -2.34. The van der Waals surface area contributed by atoms with Crippen LogP contribution in [-0.2, 0) is 6.54 Å². The number of hydrogen-bond acceptors (Lipinski definition) is 2. The number of benzene rings is 1. The van der Waals surface area contributed by atoms with Crippen molar-refractivity contribution >= 4 is 27.5 Å². The Bertz CT molecular complexity index is 407. The molecule has 106 valence electrons. The number of rotatable bonds is 6. The zero-order valence-corrected chi connectivity index (χ0v) is 13.7. The Morgan fingerprint density at radius 3 is 2.68 bits per heavy atom. The van der Waals surface area contributed by atoms with E-state index >= 15 is 0 Å². The number of hydrogen-bond donors (Lipinski definition) is 0. The van der Waals surface area contributed by atoms with Crippen LogP contribution in [0.15, 0.2) is 22.7 Å². The van der Waals surface area contributed by atoms with Crippen molar-refractivity contribution in [2.45, 2.75) is 38.3 Å². The molecule has 0 bridgehead atoms. The Morgan fingerprint density at radius 2 is 2.11 bits per heavy atom. The number of nitrogens with zero attached hydrogens (tertiary/aromatic N) is 1. The lowest BCUT2D eigenvalue weighted by atomic mass is 10.1. The molecular weight excluding hydrogens is 326 g/mol. The Balaban J connectivity index is 2.05. The van der Waals surface area contributed by atoms with Gasteiger partial charge in [-0.05, 0) is 46.5 Å². The zero-order valence-electron chi connectivity index (χ0n) is 11.4. The second kappa shape index (κ2) is 7.51. The quantitative estimate of drug-likeness (QED) is 0.706. The van der Waals surface area contributed by atoms with Crippen molar-refractivity contribution in [2.24, 2.45) is 0 Å². The molecule has 1 aliphatic carbocycles. The molecule has 0 aliphatic heterocycles. The highest BCUT2D eigenvalue weighted by Crippen LogP contribution is 2.28.